The fourth-order valence-corrected chi connectivity index (χ4v) is 3.26. The first-order chi connectivity index (χ1) is 12.9. The predicted molar refractivity (Wildman–Crippen MR) is 98.7 cm³/mol. The topological polar surface area (TPSA) is 108 Å². The van der Waals surface area contributed by atoms with Crippen molar-refractivity contribution in [1.82, 2.24) is 19.9 Å². The third-order valence-corrected chi connectivity index (χ3v) is 4.92. The summed E-state index contributed by atoms with van der Waals surface area (Å²) in [5.74, 6) is 1.35. The fraction of sp³-hybridized carbons (Fsp3) is 0.500. The number of urea groups is 1. The minimum Gasteiger partial charge on any atom is -0.454 e. The average molecular weight is 372 g/mol. The van der Waals surface area contributed by atoms with Gasteiger partial charge in [0.1, 0.15) is 5.69 Å². The normalized spacial score (nSPS) is 17.2. The van der Waals surface area contributed by atoms with Crippen LogP contribution in [-0.2, 0) is 5.54 Å². The zero-order chi connectivity index (χ0) is 19.0. The van der Waals surface area contributed by atoms with E-state index in [9.17, 15) is 4.79 Å². The SMILES string of the molecule is CC(C)(N)c1cn(C2CCN(C(=O)Nc3ccc4c(c3)OCO4)CC2)nn1. The lowest BCUT2D eigenvalue weighted by Crippen LogP contribution is -2.41. The number of hydrogen-bond acceptors (Lipinski definition) is 6. The maximum atomic E-state index is 12.5. The third-order valence-electron chi connectivity index (χ3n) is 4.92. The number of anilines is 1. The van der Waals surface area contributed by atoms with Gasteiger partial charge in [-0.1, -0.05) is 5.21 Å². The zero-order valence-corrected chi connectivity index (χ0v) is 15.5. The molecular weight excluding hydrogens is 348 g/mol. The van der Waals surface area contributed by atoms with Crippen LogP contribution in [0.5, 0.6) is 11.5 Å². The standard InChI is InChI=1S/C18H24N6O3/c1-18(2,19)16-10-24(22-21-16)13-5-7-23(8-6-13)17(25)20-12-3-4-14-15(9-12)27-11-26-14/h3-4,9-10,13H,5-8,11,19H2,1-2H3,(H,20,25). The van der Waals surface area contributed by atoms with Crippen LogP contribution in [0.25, 0.3) is 0 Å². The minimum atomic E-state index is -0.510. The number of nitrogens with zero attached hydrogens (tertiary/aromatic N) is 4. The molecule has 9 heteroatoms. The second kappa shape index (κ2) is 6.73. The highest BCUT2D eigenvalue weighted by molar-refractivity contribution is 5.89. The summed E-state index contributed by atoms with van der Waals surface area (Å²) in [6, 6.07) is 5.49. The molecule has 0 saturated carbocycles. The quantitative estimate of drug-likeness (QED) is 0.854. The maximum absolute atomic E-state index is 12.5. The number of fused-ring (bicyclic) bond motifs is 1. The molecule has 0 spiro atoms. The second-order valence-corrected chi connectivity index (χ2v) is 7.52. The monoisotopic (exact) mass is 372 g/mol. The maximum Gasteiger partial charge on any atom is 0.321 e. The second-order valence-electron chi connectivity index (χ2n) is 7.52. The van der Waals surface area contributed by atoms with Gasteiger partial charge in [0.2, 0.25) is 6.79 Å². The lowest BCUT2D eigenvalue weighted by Gasteiger charge is -2.31. The molecule has 1 aromatic heterocycles. The molecule has 27 heavy (non-hydrogen) atoms. The number of nitrogens with one attached hydrogen (secondary N) is 1. The van der Waals surface area contributed by atoms with Crippen molar-refractivity contribution < 1.29 is 14.3 Å². The van der Waals surface area contributed by atoms with Gasteiger partial charge in [-0.3, -0.25) is 0 Å². The number of hydrogen-bond donors (Lipinski definition) is 2. The van der Waals surface area contributed by atoms with Crippen LogP contribution in [0.3, 0.4) is 0 Å². The molecule has 0 bridgehead atoms. The average Bonchev–Trinajstić information content (AvgIpc) is 3.30. The van der Waals surface area contributed by atoms with Crippen molar-refractivity contribution in [1.29, 1.82) is 0 Å². The largest absolute Gasteiger partial charge is 0.454 e. The van der Waals surface area contributed by atoms with Gasteiger partial charge in [0, 0.05) is 24.8 Å². The molecule has 2 aliphatic heterocycles. The van der Waals surface area contributed by atoms with E-state index in [4.69, 9.17) is 15.2 Å². The van der Waals surface area contributed by atoms with Gasteiger partial charge in [0.15, 0.2) is 11.5 Å². The molecule has 1 fully saturated rings. The van der Waals surface area contributed by atoms with Gasteiger partial charge < -0.3 is 25.4 Å². The van der Waals surface area contributed by atoms with Gasteiger partial charge in [0.25, 0.3) is 0 Å². The summed E-state index contributed by atoms with van der Waals surface area (Å²) in [7, 11) is 0. The van der Waals surface area contributed by atoms with E-state index in [1.807, 2.05) is 35.7 Å². The summed E-state index contributed by atoms with van der Waals surface area (Å²) in [5, 5.41) is 11.3. The Morgan fingerprint density at radius 2 is 2.00 bits per heavy atom. The summed E-state index contributed by atoms with van der Waals surface area (Å²) in [6.07, 6.45) is 3.55. The van der Waals surface area contributed by atoms with E-state index in [0.29, 0.717) is 30.3 Å². The van der Waals surface area contributed by atoms with Crippen molar-refractivity contribution in [2.45, 2.75) is 38.3 Å². The van der Waals surface area contributed by atoms with Crippen molar-refractivity contribution >= 4 is 11.7 Å². The summed E-state index contributed by atoms with van der Waals surface area (Å²) in [5.41, 5.74) is 7.03. The summed E-state index contributed by atoms with van der Waals surface area (Å²) >= 11 is 0. The van der Waals surface area contributed by atoms with E-state index in [-0.39, 0.29) is 18.9 Å². The Morgan fingerprint density at radius 3 is 2.70 bits per heavy atom. The molecule has 0 radical (unpaired) electrons. The number of carbonyl (C=O) groups is 1. The van der Waals surface area contributed by atoms with Crippen LogP contribution in [0, 0.1) is 0 Å². The number of ether oxygens (including phenoxy) is 2. The van der Waals surface area contributed by atoms with Crippen molar-refractivity contribution in [3.8, 4) is 11.5 Å². The highest BCUT2D eigenvalue weighted by Gasteiger charge is 2.27. The van der Waals surface area contributed by atoms with Gasteiger partial charge in [-0.2, -0.15) is 0 Å². The predicted octanol–water partition coefficient (Wildman–Crippen LogP) is 2.07. The molecule has 4 rings (SSSR count). The van der Waals surface area contributed by atoms with Crippen LogP contribution >= 0.6 is 0 Å². The Kier molecular flexibility index (Phi) is 4.39. The Hall–Kier alpha value is -2.81. The Labute approximate surface area is 157 Å². The molecule has 1 aromatic carbocycles. The third kappa shape index (κ3) is 3.68. The van der Waals surface area contributed by atoms with Crippen molar-refractivity contribution in [2.75, 3.05) is 25.2 Å². The first kappa shape index (κ1) is 17.6. The molecule has 2 aromatic rings. The van der Waals surface area contributed by atoms with Gasteiger partial charge >= 0.3 is 6.03 Å². The van der Waals surface area contributed by atoms with E-state index in [2.05, 4.69) is 15.6 Å². The van der Waals surface area contributed by atoms with Crippen molar-refractivity contribution in [3.05, 3.63) is 30.1 Å². The number of nitrogens with two attached hydrogens (primary N) is 1. The number of likely N-dealkylation sites (tertiary alicyclic amines) is 1. The minimum absolute atomic E-state index is 0.116. The van der Waals surface area contributed by atoms with E-state index >= 15 is 0 Å². The van der Waals surface area contributed by atoms with Crippen LogP contribution in [0.4, 0.5) is 10.5 Å². The van der Waals surface area contributed by atoms with Crippen LogP contribution in [-0.4, -0.2) is 45.8 Å². The van der Waals surface area contributed by atoms with Gasteiger partial charge in [-0.25, -0.2) is 9.48 Å². The number of aromatic nitrogens is 3. The summed E-state index contributed by atoms with van der Waals surface area (Å²) in [6.45, 7) is 5.34. The van der Waals surface area contributed by atoms with E-state index < -0.39 is 5.54 Å². The summed E-state index contributed by atoms with van der Waals surface area (Å²) in [4.78, 5) is 14.3. The molecule has 2 aliphatic rings. The van der Waals surface area contributed by atoms with Crippen molar-refractivity contribution in [3.63, 3.8) is 0 Å². The molecule has 9 nitrogen and oxygen atoms in total. The fourth-order valence-electron chi connectivity index (χ4n) is 3.26. The van der Waals surface area contributed by atoms with E-state index in [0.717, 1.165) is 18.5 Å². The Morgan fingerprint density at radius 1 is 1.26 bits per heavy atom. The van der Waals surface area contributed by atoms with Crippen LogP contribution in [0.2, 0.25) is 0 Å². The summed E-state index contributed by atoms with van der Waals surface area (Å²) < 4.78 is 12.5. The molecule has 2 amide bonds. The lowest BCUT2D eigenvalue weighted by molar-refractivity contribution is 0.174. The van der Waals surface area contributed by atoms with Crippen LogP contribution in [0.15, 0.2) is 24.4 Å². The molecule has 1 saturated heterocycles. The molecule has 3 N–H and O–H groups in total. The highest BCUT2D eigenvalue weighted by Crippen LogP contribution is 2.34. The van der Waals surface area contributed by atoms with Gasteiger partial charge in [-0.15, -0.1) is 5.10 Å². The van der Waals surface area contributed by atoms with E-state index in [1.165, 1.54) is 0 Å². The van der Waals surface area contributed by atoms with Gasteiger partial charge in [0.05, 0.1) is 17.8 Å². The van der Waals surface area contributed by atoms with Crippen LogP contribution < -0.4 is 20.5 Å². The number of piperidine rings is 1. The lowest BCUT2D eigenvalue weighted by atomic mass is 10.0. The molecule has 0 unspecified atom stereocenters. The van der Waals surface area contributed by atoms with Crippen molar-refractivity contribution in [2.24, 2.45) is 5.73 Å². The number of carbonyl (C=O) groups excluding carboxylic acids is 1. The highest BCUT2D eigenvalue weighted by atomic mass is 16.7. The first-order valence-electron chi connectivity index (χ1n) is 9.07. The number of amides is 2. The molecular formula is C18H24N6O3. The Balaban J connectivity index is 1.33. The van der Waals surface area contributed by atoms with E-state index in [1.54, 1.807) is 12.1 Å². The molecule has 0 aliphatic carbocycles. The van der Waals surface area contributed by atoms with Gasteiger partial charge in [-0.05, 0) is 38.8 Å². The molecule has 0 atom stereocenters. The smallest absolute Gasteiger partial charge is 0.321 e. The number of benzene rings is 1. The zero-order valence-electron chi connectivity index (χ0n) is 15.5. The number of rotatable bonds is 3. The molecule has 3 heterocycles. The van der Waals surface area contributed by atoms with Crippen LogP contribution in [0.1, 0.15) is 38.4 Å². The first-order valence-corrected chi connectivity index (χ1v) is 9.07. The molecule has 144 valence electrons. The Bertz CT molecular complexity index is 836.